The lowest BCUT2D eigenvalue weighted by Gasteiger charge is -2.04. The number of carboxylic acid groups (broad SMARTS) is 1. The number of hydrogen-bond acceptors (Lipinski definition) is 2. The summed E-state index contributed by atoms with van der Waals surface area (Å²) in [5.41, 5.74) is 0.236. The molecule has 0 amide bonds. The van der Waals surface area contributed by atoms with Crippen molar-refractivity contribution in [1.82, 2.24) is 0 Å². The van der Waals surface area contributed by atoms with E-state index in [4.69, 9.17) is 5.11 Å². The number of halogens is 2. The molecule has 80 valence electrons. The Labute approximate surface area is 89.6 Å². The van der Waals surface area contributed by atoms with Crippen molar-refractivity contribution in [2.75, 3.05) is 0 Å². The minimum absolute atomic E-state index is 0.105. The average molecular weight is 230 g/mol. The van der Waals surface area contributed by atoms with Crippen molar-refractivity contribution in [3.8, 4) is 0 Å². The van der Waals surface area contributed by atoms with Gasteiger partial charge in [-0.25, -0.2) is 4.79 Å². The Balaban J connectivity index is 2.92. The third-order valence-corrected chi connectivity index (χ3v) is 2.37. The van der Waals surface area contributed by atoms with Gasteiger partial charge < -0.3 is 5.11 Å². The van der Waals surface area contributed by atoms with Gasteiger partial charge in [0.05, 0.1) is 5.57 Å². The summed E-state index contributed by atoms with van der Waals surface area (Å²) in [4.78, 5) is 10.9. The molecule has 0 atom stereocenters. The van der Waals surface area contributed by atoms with E-state index in [2.05, 4.69) is 6.58 Å². The van der Waals surface area contributed by atoms with Crippen molar-refractivity contribution < 1.29 is 18.7 Å². The Morgan fingerprint density at radius 2 is 2.13 bits per heavy atom. The molecular formula is C10H8F2O2S. The normalized spacial score (nSPS) is 10.3. The summed E-state index contributed by atoms with van der Waals surface area (Å²) < 4.78 is 24.1. The van der Waals surface area contributed by atoms with Gasteiger partial charge in [0.25, 0.3) is 5.76 Å². The van der Waals surface area contributed by atoms with Crippen LogP contribution in [-0.2, 0) is 4.79 Å². The highest BCUT2D eigenvalue weighted by atomic mass is 32.2. The first-order valence-electron chi connectivity index (χ1n) is 3.98. The molecule has 0 aliphatic heterocycles. The highest BCUT2D eigenvalue weighted by Gasteiger charge is 2.10. The van der Waals surface area contributed by atoms with Gasteiger partial charge in [-0.05, 0) is 17.7 Å². The maximum absolute atomic E-state index is 12.0. The van der Waals surface area contributed by atoms with Gasteiger partial charge in [0, 0.05) is 4.90 Å². The summed E-state index contributed by atoms with van der Waals surface area (Å²) in [7, 11) is 0. The summed E-state index contributed by atoms with van der Waals surface area (Å²) >= 11 is 0.374. The van der Waals surface area contributed by atoms with Crippen LogP contribution in [0.3, 0.4) is 0 Å². The summed E-state index contributed by atoms with van der Waals surface area (Å²) in [6, 6.07) is 5.92. The number of thioether (sulfide) groups is 1. The molecule has 0 saturated heterocycles. The minimum atomic E-state index is -2.52. The fourth-order valence-corrected chi connectivity index (χ4v) is 1.54. The summed E-state index contributed by atoms with van der Waals surface area (Å²) in [5.74, 6) is -3.67. The van der Waals surface area contributed by atoms with Crippen LogP contribution in [0.2, 0.25) is 0 Å². The number of carbonyl (C=O) groups is 1. The van der Waals surface area contributed by atoms with Crippen LogP contribution in [0.5, 0.6) is 0 Å². The van der Waals surface area contributed by atoms with Crippen LogP contribution in [0.25, 0.3) is 5.57 Å². The standard InChI is InChI=1S/C10H8F2O2S/c1-6(9(13)14)7-3-2-4-8(5-7)15-10(11)12/h2-5,10H,1H2,(H,13,14). The molecule has 0 spiro atoms. The molecular weight excluding hydrogens is 222 g/mol. The zero-order chi connectivity index (χ0) is 11.4. The van der Waals surface area contributed by atoms with E-state index in [1.165, 1.54) is 24.3 Å². The molecule has 0 heterocycles. The largest absolute Gasteiger partial charge is 0.478 e. The smallest absolute Gasteiger partial charge is 0.335 e. The summed E-state index contributed by atoms with van der Waals surface area (Å²) in [5, 5.41) is 8.65. The molecule has 0 aromatic heterocycles. The monoisotopic (exact) mass is 230 g/mol. The van der Waals surface area contributed by atoms with Crippen LogP contribution in [-0.4, -0.2) is 16.8 Å². The number of alkyl halides is 2. The molecule has 2 nitrogen and oxygen atoms in total. The van der Waals surface area contributed by atoms with Crippen LogP contribution in [0.4, 0.5) is 8.78 Å². The van der Waals surface area contributed by atoms with Crippen LogP contribution in [0.1, 0.15) is 5.56 Å². The number of hydrogen-bond donors (Lipinski definition) is 1. The Morgan fingerprint density at radius 3 is 2.67 bits per heavy atom. The van der Waals surface area contributed by atoms with Gasteiger partial charge in [-0.15, -0.1) is 0 Å². The van der Waals surface area contributed by atoms with Crippen LogP contribution < -0.4 is 0 Å². The minimum Gasteiger partial charge on any atom is -0.478 e. The maximum atomic E-state index is 12.0. The molecule has 0 unspecified atom stereocenters. The van der Waals surface area contributed by atoms with Gasteiger partial charge in [-0.2, -0.15) is 8.78 Å². The first-order chi connectivity index (χ1) is 7.00. The number of aliphatic carboxylic acids is 1. The second kappa shape index (κ2) is 4.93. The molecule has 1 N–H and O–H groups in total. The highest BCUT2D eigenvalue weighted by Crippen LogP contribution is 2.27. The summed E-state index contributed by atoms with van der Waals surface area (Å²) in [6.07, 6.45) is 0. The van der Waals surface area contributed by atoms with Gasteiger partial charge in [-0.1, -0.05) is 30.5 Å². The first kappa shape index (κ1) is 11.7. The predicted octanol–water partition coefficient (Wildman–Crippen LogP) is 3.10. The average Bonchev–Trinajstić information content (AvgIpc) is 2.16. The zero-order valence-corrected chi connectivity index (χ0v) is 8.43. The van der Waals surface area contributed by atoms with E-state index in [-0.39, 0.29) is 5.57 Å². The molecule has 0 fully saturated rings. The molecule has 0 aliphatic carbocycles. The van der Waals surface area contributed by atoms with E-state index in [0.29, 0.717) is 22.2 Å². The molecule has 1 rings (SSSR count). The molecule has 5 heteroatoms. The maximum Gasteiger partial charge on any atom is 0.335 e. The third-order valence-electron chi connectivity index (χ3n) is 1.67. The second-order valence-corrected chi connectivity index (χ2v) is 3.75. The second-order valence-electron chi connectivity index (χ2n) is 2.69. The molecule has 0 aliphatic rings. The van der Waals surface area contributed by atoms with Crippen molar-refractivity contribution in [2.24, 2.45) is 0 Å². The Hall–Kier alpha value is -1.36. The van der Waals surface area contributed by atoms with E-state index >= 15 is 0 Å². The Bertz CT molecular complexity index is 391. The van der Waals surface area contributed by atoms with E-state index in [0.717, 1.165) is 0 Å². The quantitative estimate of drug-likeness (QED) is 0.638. The van der Waals surface area contributed by atoms with E-state index in [1.807, 2.05) is 0 Å². The fourth-order valence-electron chi connectivity index (χ4n) is 0.983. The Morgan fingerprint density at radius 1 is 1.47 bits per heavy atom. The molecule has 0 saturated carbocycles. The zero-order valence-electron chi connectivity index (χ0n) is 7.61. The van der Waals surface area contributed by atoms with Gasteiger partial charge in [0.15, 0.2) is 0 Å². The third kappa shape index (κ3) is 3.36. The fraction of sp³-hybridized carbons (Fsp3) is 0.100. The Kier molecular flexibility index (Phi) is 3.85. The SMILES string of the molecule is C=C(C(=O)O)c1cccc(SC(F)F)c1. The van der Waals surface area contributed by atoms with Crippen molar-refractivity contribution in [2.45, 2.75) is 10.7 Å². The summed E-state index contributed by atoms with van der Waals surface area (Å²) in [6.45, 7) is 3.35. The van der Waals surface area contributed by atoms with Crippen LogP contribution in [0.15, 0.2) is 35.7 Å². The number of benzene rings is 1. The van der Waals surface area contributed by atoms with E-state index in [1.54, 1.807) is 0 Å². The van der Waals surface area contributed by atoms with Gasteiger partial charge in [0.2, 0.25) is 0 Å². The van der Waals surface area contributed by atoms with Crippen molar-refractivity contribution in [3.05, 3.63) is 36.4 Å². The lowest BCUT2D eigenvalue weighted by Crippen LogP contribution is -1.97. The van der Waals surface area contributed by atoms with Gasteiger partial charge >= 0.3 is 5.97 Å². The van der Waals surface area contributed by atoms with Gasteiger partial charge in [0.1, 0.15) is 0 Å². The lowest BCUT2D eigenvalue weighted by atomic mass is 10.1. The molecule has 0 bridgehead atoms. The molecule has 1 aromatic carbocycles. The van der Waals surface area contributed by atoms with Crippen LogP contribution in [0, 0.1) is 0 Å². The van der Waals surface area contributed by atoms with Crippen LogP contribution >= 0.6 is 11.8 Å². The molecule has 1 aromatic rings. The van der Waals surface area contributed by atoms with E-state index in [9.17, 15) is 13.6 Å². The number of carboxylic acids is 1. The lowest BCUT2D eigenvalue weighted by molar-refractivity contribution is -0.130. The predicted molar refractivity (Wildman–Crippen MR) is 55.0 cm³/mol. The van der Waals surface area contributed by atoms with Crippen molar-refractivity contribution >= 4 is 23.3 Å². The topological polar surface area (TPSA) is 37.3 Å². The first-order valence-corrected chi connectivity index (χ1v) is 4.86. The molecule has 0 radical (unpaired) electrons. The van der Waals surface area contributed by atoms with Gasteiger partial charge in [-0.3, -0.25) is 0 Å². The van der Waals surface area contributed by atoms with Crippen molar-refractivity contribution in [3.63, 3.8) is 0 Å². The highest BCUT2D eigenvalue weighted by molar-refractivity contribution is 7.99. The van der Waals surface area contributed by atoms with E-state index < -0.39 is 11.7 Å². The number of rotatable bonds is 4. The van der Waals surface area contributed by atoms with Crippen molar-refractivity contribution in [1.29, 1.82) is 0 Å². The molecule has 15 heavy (non-hydrogen) atoms.